The van der Waals surface area contributed by atoms with Crippen molar-refractivity contribution in [3.05, 3.63) is 82.3 Å². The molecular weight excluding hydrogens is 405 g/mol. The first-order valence-corrected chi connectivity index (χ1v) is 10.3. The number of nitrogens with zero attached hydrogens (tertiary/aromatic N) is 4. The SMILES string of the molecule is O=C1C2=C(CCN(Cc3cc(F)cc(F)c3)C2)N2CCN=C2N1Cc1ccc(F)cc1. The number of carbonyl (C=O) groups is 1. The maximum Gasteiger partial charge on any atom is 0.259 e. The molecule has 8 heteroatoms. The van der Waals surface area contributed by atoms with Gasteiger partial charge in [0, 0.05) is 44.4 Å². The van der Waals surface area contributed by atoms with Crippen LogP contribution >= 0.6 is 0 Å². The van der Waals surface area contributed by atoms with Gasteiger partial charge < -0.3 is 4.90 Å². The highest BCUT2D eigenvalue weighted by atomic mass is 19.1. The molecule has 0 bridgehead atoms. The van der Waals surface area contributed by atoms with Gasteiger partial charge in [-0.15, -0.1) is 0 Å². The van der Waals surface area contributed by atoms with Gasteiger partial charge in [-0.2, -0.15) is 0 Å². The third-order valence-electron chi connectivity index (χ3n) is 5.87. The Kier molecular flexibility index (Phi) is 5.02. The number of aliphatic imine (C=N–C) groups is 1. The summed E-state index contributed by atoms with van der Waals surface area (Å²) in [5.74, 6) is -1.01. The first-order chi connectivity index (χ1) is 15.0. The van der Waals surface area contributed by atoms with Crippen molar-refractivity contribution in [2.45, 2.75) is 19.5 Å². The number of carbonyl (C=O) groups excluding carboxylic acids is 1. The van der Waals surface area contributed by atoms with Gasteiger partial charge in [0.25, 0.3) is 5.91 Å². The number of amides is 1. The summed E-state index contributed by atoms with van der Waals surface area (Å²) in [6.45, 7) is 3.09. The van der Waals surface area contributed by atoms with Gasteiger partial charge in [0.05, 0.1) is 18.7 Å². The summed E-state index contributed by atoms with van der Waals surface area (Å²) < 4.78 is 40.4. The second-order valence-electron chi connectivity index (χ2n) is 8.01. The van der Waals surface area contributed by atoms with E-state index in [1.54, 1.807) is 17.0 Å². The van der Waals surface area contributed by atoms with Crippen LogP contribution in [0.2, 0.25) is 0 Å². The number of hydrogen-bond acceptors (Lipinski definition) is 4. The summed E-state index contributed by atoms with van der Waals surface area (Å²) in [4.78, 5) is 23.7. The summed E-state index contributed by atoms with van der Waals surface area (Å²) in [6, 6.07) is 9.58. The molecule has 0 radical (unpaired) electrons. The monoisotopic (exact) mass is 426 g/mol. The molecule has 0 saturated heterocycles. The van der Waals surface area contributed by atoms with Crippen molar-refractivity contribution in [1.82, 2.24) is 14.7 Å². The van der Waals surface area contributed by atoms with E-state index in [4.69, 9.17) is 0 Å². The van der Waals surface area contributed by atoms with Crippen LogP contribution in [0.15, 0.2) is 58.7 Å². The van der Waals surface area contributed by atoms with E-state index in [2.05, 4.69) is 9.89 Å². The summed E-state index contributed by atoms with van der Waals surface area (Å²) in [6.07, 6.45) is 0.669. The molecule has 5 rings (SSSR count). The second-order valence-corrected chi connectivity index (χ2v) is 8.01. The van der Waals surface area contributed by atoms with Gasteiger partial charge in [-0.05, 0) is 35.4 Å². The second kappa shape index (κ2) is 7.85. The molecule has 3 aliphatic rings. The zero-order valence-electron chi connectivity index (χ0n) is 16.8. The average Bonchev–Trinajstić information content (AvgIpc) is 3.21. The quantitative estimate of drug-likeness (QED) is 0.754. The van der Waals surface area contributed by atoms with Gasteiger partial charge >= 0.3 is 0 Å². The lowest BCUT2D eigenvalue weighted by Gasteiger charge is -2.42. The average molecular weight is 426 g/mol. The summed E-state index contributed by atoms with van der Waals surface area (Å²) in [5.41, 5.74) is 3.03. The largest absolute Gasteiger partial charge is 0.314 e. The Labute approximate surface area is 178 Å². The van der Waals surface area contributed by atoms with Gasteiger partial charge in [0.15, 0.2) is 0 Å². The molecule has 31 heavy (non-hydrogen) atoms. The van der Waals surface area contributed by atoms with Crippen molar-refractivity contribution < 1.29 is 18.0 Å². The fraction of sp³-hybridized carbons (Fsp3) is 0.304. The van der Waals surface area contributed by atoms with Crippen molar-refractivity contribution >= 4 is 11.9 Å². The molecule has 3 aliphatic heterocycles. The molecular formula is C23H21F3N4O. The van der Waals surface area contributed by atoms with Gasteiger partial charge in [0.1, 0.15) is 17.5 Å². The van der Waals surface area contributed by atoms with Gasteiger partial charge in [-0.3, -0.25) is 19.6 Å². The molecule has 2 aromatic carbocycles. The summed E-state index contributed by atoms with van der Waals surface area (Å²) >= 11 is 0. The zero-order chi connectivity index (χ0) is 21.5. The number of halogens is 3. The number of guanidine groups is 1. The van der Waals surface area contributed by atoms with Crippen molar-refractivity contribution in [2.24, 2.45) is 4.99 Å². The van der Waals surface area contributed by atoms with E-state index < -0.39 is 11.6 Å². The molecule has 1 amide bonds. The Morgan fingerprint density at radius 2 is 1.61 bits per heavy atom. The molecule has 0 aromatic heterocycles. The van der Waals surface area contributed by atoms with Crippen molar-refractivity contribution in [1.29, 1.82) is 0 Å². The highest BCUT2D eigenvalue weighted by molar-refractivity contribution is 6.09. The van der Waals surface area contributed by atoms with Gasteiger partial charge in [-0.1, -0.05) is 12.1 Å². The van der Waals surface area contributed by atoms with Crippen LogP contribution in [0.5, 0.6) is 0 Å². The van der Waals surface area contributed by atoms with Crippen LogP contribution < -0.4 is 0 Å². The molecule has 160 valence electrons. The molecule has 2 aromatic rings. The maximum atomic E-state index is 13.6. The van der Waals surface area contributed by atoms with Crippen molar-refractivity contribution in [2.75, 3.05) is 26.2 Å². The first-order valence-electron chi connectivity index (χ1n) is 10.3. The lowest BCUT2D eigenvalue weighted by molar-refractivity contribution is -0.125. The van der Waals surface area contributed by atoms with Crippen molar-refractivity contribution in [3.8, 4) is 0 Å². The Balaban J connectivity index is 1.39. The highest BCUT2D eigenvalue weighted by Crippen LogP contribution is 2.32. The van der Waals surface area contributed by atoms with E-state index in [0.29, 0.717) is 56.2 Å². The fourth-order valence-corrected chi connectivity index (χ4v) is 4.48. The minimum atomic E-state index is -0.607. The number of rotatable bonds is 4. The third kappa shape index (κ3) is 3.83. The van der Waals surface area contributed by atoms with Crippen LogP contribution in [0.25, 0.3) is 0 Å². The topological polar surface area (TPSA) is 39.2 Å². The zero-order valence-corrected chi connectivity index (χ0v) is 16.8. The van der Waals surface area contributed by atoms with E-state index >= 15 is 0 Å². The minimum absolute atomic E-state index is 0.119. The third-order valence-corrected chi connectivity index (χ3v) is 5.87. The van der Waals surface area contributed by atoms with E-state index in [1.165, 1.54) is 24.3 Å². The normalized spacial score (nSPS) is 18.9. The van der Waals surface area contributed by atoms with Crippen LogP contribution in [0.1, 0.15) is 17.5 Å². The minimum Gasteiger partial charge on any atom is -0.314 e. The molecule has 0 spiro atoms. The molecule has 0 saturated carbocycles. The van der Waals surface area contributed by atoms with Crippen LogP contribution in [0.4, 0.5) is 13.2 Å². The Hall–Kier alpha value is -3.13. The van der Waals surface area contributed by atoms with E-state index in [0.717, 1.165) is 23.9 Å². The molecule has 0 atom stereocenters. The highest BCUT2D eigenvalue weighted by Gasteiger charge is 2.40. The standard InChI is InChI=1S/C23H21F3N4O/c24-17-3-1-15(2-4-17)13-30-22(31)20-14-28(12-16-9-18(25)11-19(26)10-16)7-5-21(20)29-8-6-27-23(29)30/h1-4,9-11H,5-8,12-14H2. The fourth-order valence-electron chi connectivity index (χ4n) is 4.48. The van der Waals surface area contributed by atoms with Crippen LogP contribution in [0.3, 0.4) is 0 Å². The van der Waals surface area contributed by atoms with Gasteiger partial charge in [0.2, 0.25) is 5.96 Å². The number of benzene rings is 2. The number of hydrogen-bond donors (Lipinski definition) is 0. The molecule has 5 nitrogen and oxygen atoms in total. The first kappa shape index (κ1) is 19.8. The Bertz CT molecular complexity index is 1080. The van der Waals surface area contributed by atoms with Crippen LogP contribution in [-0.2, 0) is 17.9 Å². The molecule has 3 heterocycles. The summed E-state index contributed by atoms with van der Waals surface area (Å²) in [7, 11) is 0. The smallest absolute Gasteiger partial charge is 0.259 e. The lowest BCUT2D eigenvalue weighted by Crippen LogP contribution is -2.53. The van der Waals surface area contributed by atoms with Crippen LogP contribution in [-0.4, -0.2) is 52.7 Å². The maximum absolute atomic E-state index is 13.6. The number of fused-ring (bicyclic) bond motifs is 2. The van der Waals surface area contributed by atoms with E-state index in [9.17, 15) is 18.0 Å². The van der Waals surface area contributed by atoms with Crippen LogP contribution in [0, 0.1) is 17.5 Å². The molecule has 0 unspecified atom stereocenters. The van der Waals surface area contributed by atoms with E-state index in [1.807, 2.05) is 4.90 Å². The summed E-state index contributed by atoms with van der Waals surface area (Å²) in [5, 5.41) is 0. The predicted octanol–water partition coefficient (Wildman–Crippen LogP) is 3.28. The Morgan fingerprint density at radius 3 is 2.35 bits per heavy atom. The van der Waals surface area contributed by atoms with E-state index in [-0.39, 0.29) is 11.7 Å². The van der Waals surface area contributed by atoms with Crippen molar-refractivity contribution in [3.63, 3.8) is 0 Å². The molecule has 0 N–H and O–H groups in total. The molecule has 0 fully saturated rings. The predicted molar refractivity (Wildman–Crippen MR) is 109 cm³/mol. The lowest BCUT2D eigenvalue weighted by atomic mass is 10.00. The van der Waals surface area contributed by atoms with Gasteiger partial charge in [-0.25, -0.2) is 13.2 Å². The Morgan fingerprint density at radius 1 is 0.871 bits per heavy atom. The molecule has 0 aliphatic carbocycles.